The molecule has 0 bridgehead atoms. The number of aromatic carboxylic acids is 1. The molecule has 1 fully saturated rings. The highest BCUT2D eigenvalue weighted by Crippen LogP contribution is 2.46. The van der Waals surface area contributed by atoms with Gasteiger partial charge in [-0.2, -0.15) is 0 Å². The van der Waals surface area contributed by atoms with Crippen molar-refractivity contribution in [1.29, 1.82) is 0 Å². The molecule has 5 aromatic rings. The highest BCUT2D eigenvalue weighted by molar-refractivity contribution is 6.15. The first-order valence-electron chi connectivity index (χ1n) is 12.6. The van der Waals surface area contributed by atoms with Crippen LogP contribution < -0.4 is 10.1 Å². The number of furan rings is 1. The molecule has 1 saturated heterocycles. The van der Waals surface area contributed by atoms with Crippen molar-refractivity contribution in [2.24, 2.45) is 0 Å². The summed E-state index contributed by atoms with van der Waals surface area (Å²) in [6.07, 6.45) is 2.95. The Kier molecular flexibility index (Phi) is 6.41. The van der Waals surface area contributed by atoms with Crippen LogP contribution in [0.15, 0.2) is 83.6 Å². The lowest BCUT2D eigenvalue weighted by Crippen LogP contribution is -2.45. The number of nitrogens with one attached hydrogen (secondary N) is 1. The number of rotatable bonds is 7. The molecule has 0 spiro atoms. The SMILES string of the molecule is O=C(O)c1coc2c1c(C(c1ccnc(OCc3ccccc3)c1)N1CCNCC1)c(O)c1ccccc12. The zero-order valence-electron chi connectivity index (χ0n) is 20.6. The van der Waals surface area contributed by atoms with Crippen molar-refractivity contribution < 1.29 is 24.2 Å². The molecule has 0 amide bonds. The van der Waals surface area contributed by atoms with Crippen molar-refractivity contribution in [3.8, 4) is 11.6 Å². The summed E-state index contributed by atoms with van der Waals surface area (Å²) in [5, 5.41) is 26.8. The summed E-state index contributed by atoms with van der Waals surface area (Å²) in [7, 11) is 0. The number of carboxylic acids is 1. The van der Waals surface area contributed by atoms with Gasteiger partial charge in [0.25, 0.3) is 0 Å². The van der Waals surface area contributed by atoms with Gasteiger partial charge in [0.2, 0.25) is 5.88 Å². The molecular formula is C30H27N3O5. The number of piperazine rings is 1. The van der Waals surface area contributed by atoms with Gasteiger partial charge in [-0.05, 0) is 17.2 Å². The van der Waals surface area contributed by atoms with E-state index in [0.29, 0.717) is 52.9 Å². The van der Waals surface area contributed by atoms with E-state index in [0.717, 1.165) is 24.2 Å². The first-order chi connectivity index (χ1) is 18.6. The minimum Gasteiger partial charge on any atom is -0.507 e. The number of aromatic hydroxyl groups is 1. The summed E-state index contributed by atoms with van der Waals surface area (Å²) >= 11 is 0. The summed E-state index contributed by atoms with van der Waals surface area (Å²) in [6.45, 7) is 3.33. The van der Waals surface area contributed by atoms with Crippen molar-refractivity contribution in [2.45, 2.75) is 12.6 Å². The molecule has 38 heavy (non-hydrogen) atoms. The molecule has 3 aromatic carbocycles. The van der Waals surface area contributed by atoms with Gasteiger partial charge in [0.1, 0.15) is 29.8 Å². The molecular weight excluding hydrogens is 482 g/mol. The second-order valence-corrected chi connectivity index (χ2v) is 9.36. The van der Waals surface area contributed by atoms with E-state index in [4.69, 9.17) is 9.15 Å². The number of hydrogen-bond acceptors (Lipinski definition) is 7. The predicted octanol–water partition coefficient (Wildman–Crippen LogP) is 4.96. The molecule has 8 nitrogen and oxygen atoms in total. The minimum absolute atomic E-state index is 0.0193. The van der Waals surface area contributed by atoms with Gasteiger partial charge in [-0.25, -0.2) is 9.78 Å². The highest BCUT2D eigenvalue weighted by Gasteiger charge is 2.33. The Morgan fingerprint density at radius 2 is 1.79 bits per heavy atom. The lowest BCUT2D eigenvalue weighted by Gasteiger charge is -2.36. The zero-order valence-corrected chi connectivity index (χ0v) is 20.6. The summed E-state index contributed by atoms with van der Waals surface area (Å²) in [6, 6.07) is 20.5. The average Bonchev–Trinajstić information content (AvgIpc) is 3.41. The fraction of sp³-hybridized carbons (Fsp3) is 0.200. The summed E-state index contributed by atoms with van der Waals surface area (Å²) in [5.74, 6) is -0.613. The van der Waals surface area contributed by atoms with Gasteiger partial charge in [-0.3, -0.25) is 4.90 Å². The predicted molar refractivity (Wildman–Crippen MR) is 144 cm³/mol. The van der Waals surface area contributed by atoms with Crippen molar-refractivity contribution in [2.75, 3.05) is 26.2 Å². The van der Waals surface area contributed by atoms with E-state index in [1.807, 2.05) is 66.7 Å². The standard InChI is InChI=1S/C30H27N3O5/c34-28-21-8-4-5-9-22(21)29-25(23(18-38-29)30(35)36)26(28)27(33-14-12-31-13-15-33)20-10-11-32-24(16-20)37-17-19-6-2-1-3-7-19/h1-11,16,18,27,31,34H,12-15,17H2,(H,35,36). The van der Waals surface area contributed by atoms with E-state index in [2.05, 4.69) is 15.2 Å². The molecule has 192 valence electrons. The third kappa shape index (κ3) is 4.34. The Morgan fingerprint density at radius 3 is 2.55 bits per heavy atom. The van der Waals surface area contributed by atoms with E-state index in [1.165, 1.54) is 6.26 Å². The normalized spacial score (nSPS) is 15.1. The molecule has 2 aromatic heterocycles. The monoisotopic (exact) mass is 509 g/mol. The minimum atomic E-state index is -1.11. The maximum atomic E-state index is 12.3. The maximum absolute atomic E-state index is 12.3. The van der Waals surface area contributed by atoms with Crippen LogP contribution in [-0.4, -0.2) is 52.2 Å². The number of benzene rings is 3. The average molecular weight is 510 g/mol. The second kappa shape index (κ2) is 10.2. The van der Waals surface area contributed by atoms with Crippen LogP contribution in [0.25, 0.3) is 21.7 Å². The van der Waals surface area contributed by atoms with Gasteiger partial charge >= 0.3 is 5.97 Å². The van der Waals surface area contributed by atoms with Crippen molar-refractivity contribution in [1.82, 2.24) is 15.2 Å². The Balaban J connectivity index is 1.53. The third-order valence-electron chi connectivity index (χ3n) is 7.07. The number of hydrogen-bond donors (Lipinski definition) is 3. The number of carbonyl (C=O) groups is 1. The molecule has 6 rings (SSSR count). The van der Waals surface area contributed by atoms with Crippen LogP contribution in [0.5, 0.6) is 11.6 Å². The number of fused-ring (bicyclic) bond motifs is 3. The second-order valence-electron chi connectivity index (χ2n) is 9.36. The van der Waals surface area contributed by atoms with Gasteiger partial charge in [0, 0.05) is 60.2 Å². The van der Waals surface area contributed by atoms with Crippen molar-refractivity contribution in [3.05, 3.63) is 101 Å². The molecule has 0 radical (unpaired) electrons. The van der Waals surface area contributed by atoms with E-state index >= 15 is 0 Å². The van der Waals surface area contributed by atoms with Crippen molar-refractivity contribution >= 4 is 27.7 Å². The zero-order chi connectivity index (χ0) is 26.1. The molecule has 1 aliphatic heterocycles. The Labute approximate surface area is 219 Å². The number of nitrogens with zero attached hydrogens (tertiary/aromatic N) is 2. The van der Waals surface area contributed by atoms with Gasteiger partial charge < -0.3 is 24.7 Å². The fourth-order valence-electron chi connectivity index (χ4n) is 5.30. The van der Waals surface area contributed by atoms with E-state index in [-0.39, 0.29) is 11.3 Å². The molecule has 0 aliphatic carbocycles. The van der Waals surface area contributed by atoms with Gasteiger partial charge in [-0.1, -0.05) is 54.6 Å². The van der Waals surface area contributed by atoms with Crippen LogP contribution in [0.3, 0.4) is 0 Å². The lowest BCUT2D eigenvalue weighted by molar-refractivity contribution is 0.0698. The number of ether oxygens (including phenoxy) is 1. The Morgan fingerprint density at radius 1 is 1.05 bits per heavy atom. The fourth-order valence-corrected chi connectivity index (χ4v) is 5.30. The quantitative estimate of drug-likeness (QED) is 0.283. The van der Waals surface area contributed by atoms with E-state index in [1.54, 1.807) is 6.20 Å². The van der Waals surface area contributed by atoms with Crippen LogP contribution in [0.2, 0.25) is 0 Å². The van der Waals surface area contributed by atoms with Crippen molar-refractivity contribution in [3.63, 3.8) is 0 Å². The van der Waals surface area contributed by atoms with Crippen LogP contribution in [0.1, 0.15) is 33.1 Å². The Bertz CT molecular complexity index is 1610. The van der Waals surface area contributed by atoms with Crippen LogP contribution >= 0.6 is 0 Å². The molecule has 3 N–H and O–H groups in total. The third-order valence-corrected chi connectivity index (χ3v) is 7.07. The van der Waals surface area contributed by atoms with Crippen LogP contribution in [-0.2, 0) is 6.61 Å². The summed E-state index contributed by atoms with van der Waals surface area (Å²) in [4.78, 5) is 19.0. The molecule has 1 unspecified atom stereocenters. The molecule has 8 heteroatoms. The van der Waals surface area contributed by atoms with Gasteiger partial charge in [0.15, 0.2) is 0 Å². The highest BCUT2D eigenvalue weighted by atomic mass is 16.5. The van der Waals surface area contributed by atoms with Gasteiger partial charge in [0.05, 0.1) is 6.04 Å². The van der Waals surface area contributed by atoms with Gasteiger partial charge in [-0.15, -0.1) is 0 Å². The first kappa shape index (κ1) is 24.0. The number of aromatic nitrogens is 1. The van der Waals surface area contributed by atoms with Crippen LogP contribution in [0, 0.1) is 0 Å². The summed E-state index contributed by atoms with van der Waals surface area (Å²) < 4.78 is 11.9. The van der Waals surface area contributed by atoms with E-state index < -0.39 is 12.0 Å². The maximum Gasteiger partial charge on any atom is 0.339 e. The molecule has 1 atom stereocenters. The number of pyridine rings is 1. The first-order valence-corrected chi connectivity index (χ1v) is 12.6. The van der Waals surface area contributed by atoms with Crippen LogP contribution in [0.4, 0.5) is 0 Å². The number of carboxylic acid groups (broad SMARTS) is 1. The summed E-state index contributed by atoms with van der Waals surface area (Å²) in [5.41, 5.74) is 2.84. The lowest BCUT2D eigenvalue weighted by atomic mass is 9.89. The van der Waals surface area contributed by atoms with E-state index in [9.17, 15) is 15.0 Å². The topological polar surface area (TPSA) is 108 Å². The molecule has 0 saturated carbocycles. The smallest absolute Gasteiger partial charge is 0.339 e. The molecule has 1 aliphatic rings. The largest absolute Gasteiger partial charge is 0.507 e. The number of phenolic OH excluding ortho intramolecular Hbond substituents is 1. The number of phenols is 1. The molecule has 3 heterocycles. The Hall–Kier alpha value is -4.40.